The zero-order valence-electron chi connectivity index (χ0n) is 7.20. The van der Waals surface area contributed by atoms with Crippen LogP contribution in [0.15, 0.2) is 29.2 Å². The molecule has 0 saturated heterocycles. The zero-order chi connectivity index (χ0) is 9.19. The maximum atomic E-state index is 8.85. The van der Waals surface area contributed by atoms with Crippen LogP contribution in [0.4, 0.5) is 0 Å². The Kier molecular flexibility index (Phi) is 2.44. The normalized spacial score (nSPS) is 10.8. The molecule has 0 saturated carbocycles. The van der Waals surface area contributed by atoms with Gasteiger partial charge in [-0.1, -0.05) is 12.1 Å². The van der Waals surface area contributed by atoms with Crippen molar-refractivity contribution < 1.29 is 0 Å². The molecule has 0 amide bonds. The molecule has 0 N–H and O–H groups in total. The Morgan fingerprint density at radius 1 is 1.25 bits per heavy atom. The van der Waals surface area contributed by atoms with E-state index in [0.717, 1.165) is 10.5 Å². The molecule has 0 aliphatic heterocycles. The van der Waals surface area contributed by atoms with Gasteiger partial charge >= 0.3 is 0 Å². The molecule has 0 spiro atoms. The number of benzene rings is 1. The third kappa shape index (κ3) is 1.80. The van der Waals surface area contributed by atoms with Gasteiger partial charge in [-0.15, -0.1) is 12.6 Å². The molecular formula is C10H11NS. The third-order valence-corrected chi connectivity index (χ3v) is 2.17. The van der Waals surface area contributed by atoms with Gasteiger partial charge in [0, 0.05) is 4.90 Å². The highest BCUT2D eigenvalue weighted by Gasteiger charge is 2.18. The van der Waals surface area contributed by atoms with Crippen LogP contribution < -0.4 is 0 Å². The Labute approximate surface area is 78.4 Å². The lowest BCUT2D eigenvalue weighted by molar-refractivity contribution is 0.686. The molecule has 0 unspecified atom stereocenters. The van der Waals surface area contributed by atoms with Crippen molar-refractivity contribution in [1.82, 2.24) is 0 Å². The summed E-state index contributed by atoms with van der Waals surface area (Å²) in [5.41, 5.74) is 0.629. The van der Waals surface area contributed by atoms with E-state index >= 15 is 0 Å². The van der Waals surface area contributed by atoms with E-state index in [4.69, 9.17) is 5.26 Å². The maximum absolute atomic E-state index is 8.85. The summed E-state index contributed by atoms with van der Waals surface area (Å²) in [6.07, 6.45) is 0. The summed E-state index contributed by atoms with van der Waals surface area (Å²) in [5.74, 6) is 0. The van der Waals surface area contributed by atoms with Crippen LogP contribution in [0.1, 0.15) is 19.4 Å². The average molecular weight is 177 g/mol. The van der Waals surface area contributed by atoms with Crippen LogP contribution in [0.2, 0.25) is 0 Å². The summed E-state index contributed by atoms with van der Waals surface area (Å²) in [5, 5.41) is 8.85. The molecule has 0 bridgehead atoms. The molecular weight excluding hydrogens is 166 g/mol. The van der Waals surface area contributed by atoms with Gasteiger partial charge in [0.2, 0.25) is 0 Å². The molecule has 0 atom stereocenters. The summed E-state index contributed by atoms with van der Waals surface area (Å²) in [6, 6.07) is 9.92. The minimum Gasteiger partial charge on any atom is -0.197 e. The van der Waals surface area contributed by atoms with Crippen molar-refractivity contribution in [1.29, 1.82) is 5.26 Å². The number of hydrogen-bond donors (Lipinski definition) is 1. The van der Waals surface area contributed by atoms with Crippen LogP contribution >= 0.6 is 12.6 Å². The summed E-state index contributed by atoms with van der Waals surface area (Å²) < 4.78 is 0. The van der Waals surface area contributed by atoms with Crippen LogP contribution in [0.3, 0.4) is 0 Å². The Balaban J connectivity index is 3.07. The second-order valence-electron chi connectivity index (χ2n) is 3.28. The van der Waals surface area contributed by atoms with Gasteiger partial charge < -0.3 is 0 Å². The Morgan fingerprint density at radius 3 is 2.17 bits per heavy atom. The summed E-state index contributed by atoms with van der Waals surface area (Å²) in [7, 11) is 0. The van der Waals surface area contributed by atoms with Crippen molar-refractivity contribution >= 4 is 12.6 Å². The molecule has 0 heterocycles. The average Bonchev–Trinajstić information content (AvgIpc) is 2.05. The van der Waals surface area contributed by atoms with Gasteiger partial charge in [-0.05, 0) is 31.5 Å². The van der Waals surface area contributed by atoms with Gasteiger partial charge in [0.15, 0.2) is 0 Å². The predicted molar refractivity (Wildman–Crippen MR) is 52.3 cm³/mol. The minimum atomic E-state index is -0.401. The Bertz CT molecular complexity index is 306. The first-order valence-corrected chi connectivity index (χ1v) is 4.22. The second-order valence-corrected chi connectivity index (χ2v) is 3.80. The van der Waals surface area contributed by atoms with E-state index in [0.29, 0.717) is 0 Å². The fourth-order valence-corrected chi connectivity index (χ4v) is 1.09. The summed E-state index contributed by atoms with van der Waals surface area (Å²) in [6.45, 7) is 3.81. The van der Waals surface area contributed by atoms with Gasteiger partial charge in [0.05, 0.1) is 11.5 Å². The van der Waals surface area contributed by atoms with E-state index in [1.54, 1.807) is 0 Å². The highest BCUT2D eigenvalue weighted by atomic mass is 32.1. The van der Waals surface area contributed by atoms with Crippen LogP contribution in [0, 0.1) is 11.3 Å². The summed E-state index contributed by atoms with van der Waals surface area (Å²) >= 11 is 4.17. The first-order valence-electron chi connectivity index (χ1n) is 3.77. The van der Waals surface area contributed by atoms with E-state index < -0.39 is 5.41 Å². The highest BCUT2D eigenvalue weighted by molar-refractivity contribution is 7.80. The van der Waals surface area contributed by atoms with Gasteiger partial charge in [-0.2, -0.15) is 5.26 Å². The largest absolute Gasteiger partial charge is 0.197 e. The first kappa shape index (κ1) is 9.15. The van der Waals surface area contributed by atoms with E-state index in [-0.39, 0.29) is 0 Å². The molecule has 0 aliphatic carbocycles. The lowest BCUT2D eigenvalue weighted by atomic mass is 9.87. The van der Waals surface area contributed by atoms with E-state index in [1.807, 2.05) is 38.1 Å². The Hall–Kier alpha value is -0.940. The second kappa shape index (κ2) is 3.20. The molecule has 1 aromatic rings. The molecule has 2 heteroatoms. The zero-order valence-corrected chi connectivity index (χ0v) is 8.10. The number of nitriles is 1. The molecule has 1 aromatic carbocycles. The van der Waals surface area contributed by atoms with E-state index in [1.165, 1.54) is 0 Å². The molecule has 0 fully saturated rings. The fourth-order valence-electron chi connectivity index (χ4n) is 0.943. The fraction of sp³-hybridized carbons (Fsp3) is 0.300. The van der Waals surface area contributed by atoms with Crippen molar-refractivity contribution in [3.8, 4) is 6.07 Å². The lowest BCUT2D eigenvalue weighted by Gasteiger charge is -2.15. The van der Waals surface area contributed by atoms with Gasteiger partial charge in [0.25, 0.3) is 0 Å². The van der Waals surface area contributed by atoms with Crippen LogP contribution in [0.5, 0.6) is 0 Å². The number of hydrogen-bond acceptors (Lipinski definition) is 2. The number of rotatable bonds is 1. The standard InChI is InChI=1S/C10H11NS/c1-10(2,7-11)8-3-5-9(12)6-4-8/h3-6,12H,1-2H3. The smallest absolute Gasteiger partial charge is 0.0766 e. The third-order valence-electron chi connectivity index (χ3n) is 1.87. The predicted octanol–water partition coefficient (Wildman–Crippen LogP) is 2.78. The highest BCUT2D eigenvalue weighted by Crippen LogP contribution is 2.22. The quantitative estimate of drug-likeness (QED) is 0.655. The molecule has 1 nitrogen and oxygen atoms in total. The van der Waals surface area contributed by atoms with Crippen LogP contribution in [-0.2, 0) is 5.41 Å². The molecule has 0 radical (unpaired) electrons. The minimum absolute atomic E-state index is 0.401. The van der Waals surface area contributed by atoms with Crippen LogP contribution in [-0.4, -0.2) is 0 Å². The van der Waals surface area contributed by atoms with Gasteiger partial charge in [0.1, 0.15) is 0 Å². The molecule has 1 rings (SSSR count). The Morgan fingerprint density at radius 2 is 1.75 bits per heavy atom. The molecule has 0 aliphatic rings. The van der Waals surface area contributed by atoms with Crippen molar-refractivity contribution in [2.24, 2.45) is 0 Å². The van der Waals surface area contributed by atoms with Gasteiger partial charge in [-0.25, -0.2) is 0 Å². The summed E-state index contributed by atoms with van der Waals surface area (Å²) in [4.78, 5) is 0.924. The van der Waals surface area contributed by atoms with Crippen LogP contribution in [0.25, 0.3) is 0 Å². The maximum Gasteiger partial charge on any atom is 0.0766 e. The van der Waals surface area contributed by atoms with E-state index in [9.17, 15) is 0 Å². The number of nitrogens with zero attached hydrogens (tertiary/aromatic N) is 1. The van der Waals surface area contributed by atoms with Crippen molar-refractivity contribution in [3.05, 3.63) is 29.8 Å². The van der Waals surface area contributed by atoms with Gasteiger partial charge in [-0.3, -0.25) is 0 Å². The monoisotopic (exact) mass is 177 g/mol. The topological polar surface area (TPSA) is 23.8 Å². The van der Waals surface area contributed by atoms with Crippen molar-refractivity contribution in [2.45, 2.75) is 24.2 Å². The van der Waals surface area contributed by atoms with E-state index in [2.05, 4.69) is 18.7 Å². The SMILES string of the molecule is CC(C)(C#N)c1ccc(S)cc1. The number of thiol groups is 1. The van der Waals surface area contributed by atoms with Crippen molar-refractivity contribution in [2.75, 3.05) is 0 Å². The lowest BCUT2D eigenvalue weighted by Crippen LogP contribution is -2.13. The van der Waals surface area contributed by atoms with Crippen molar-refractivity contribution in [3.63, 3.8) is 0 Å². The molecule has 12 heavy (non-hydrogen) atoms. The molecule has 0 aromatic heterocycles. The molecule has 62 valence electrons. The first-order chi connectivity index (χ1) is 5.56.